The first-order chi connectivity index (χ1) is 8.56. The van der Waals surface area contributed by atoms with Crippen molar-refractivity contribution in [2.75, 3.05) is 0 Å². The van der Waals surface area contributed by atoms with Gasteiger partial charge >= 0.3 is 0 Å². The van der Waals surface area contributed by atoms with E-state index in [-0.39, 0.29) is 11.1 Å². The predicted octanol–water partition coefficient (Wildman–Crippen LogP) is 4.68. The van der Waals surface area contributed by atoms with E-state index in [0.717, 1.165) is 24.8 Å². The molecule has 102 valence electrons. The molecule has 1 aromatic rings. The Bertz CT molecular complexity index is 351. The summed E-state index contributed by atoms with van der Waals surface area (Å²) in [4.78, 5) is 0. The van der Waals surface area contributed by atoms with Gasteiger partial charge in [-0.15, -0.1) is 0 Å². The molecule has 0 radical (unpaired) electrons. The van der Waals surface area contributed by atoms with E-state index in [1.165, 1.54) is 6.07 Å². The molecule has 0 amide bonds. The van der Waals surface area contributed by atoms with Crippen molar-refractivity contribution in [2.45, 2.75) is 58.5 Å². The van der Waals surface area contributed by atoms with Crippen molar-refractivity contribution in [1.29, 1.82) is 0 Å². The van der Waals surface area contributed by atoms with E-state index < -0.39 is 6.43 Å². The van der Waals surface area contributed by atoms with Crippen molar-refractivity contribution in [2.24, 2.45) is 0 Å². The second kappa shape index (κ2) is 6.83. The summed E-state index contributed by atoms with van der Waals surface area (Å²) >= 11 is 0. The number of nitrogens with one attached hydrogen (secondary N) is 1. The van der Waals surface area contributed by atoms with Crippen LogP contribution in [0, 0.1) is 0 Å². The molecule has 0 fully saturated rings. The van der Waals surface area contributed by atoms with Gasteiger partial charge in [0.1, 0.15) is 0 Å². The molecule has 18 heavy (non-hydrogen) atoms. The largest absolute Gasteiger partial charge is 0.307 e. The van der Waals surface area contributed by atoms with E-state index in [9.17, 15) is 8.78 Å². The molecule has 1 nitrogen and oxygen atoms in total. The van der Waals surface area contributed by atoms with Crippen molar-refractivity contribution in [1.82, 2.24) is 5.32 Å². The van der Waals surface area contributed by atoms with Gasteiger partial charge in [-0.2, -0.15) is 0 Å². The number of benzene rings is 1. The first-order valence-electron chi connectivity index (χ1n) is 6.69. The van der Waals surface area contributed by atoms with Crippen LogP contribution in [0.1, 0.15) is 57.6 Å². The molecule has 0 spiro atoms. The Labute approximate surface area is 109 Å². The van der Waals surface area contributed by atoms with Gasteiger partial charge in [0.25, 0.3) is 6.43 Å². The molecule has 0 aliphatic carbocycles. The number of alkyl halides is 2. The summed E-state index contributed by atoms with van der Waals surface area (Å²) in [6.07, 6.45) is 0.760. The van der Waals surface area contributed by atoms with E-state index in [0.29, 0.717) is 6.54 Å². The minimum Gasteiger partial charge on any atom is -0.307 e. The topological polar surface area (TPSA) is 12.0 Å². The Hall–Kier alpha value is -0.960. The Morgan fingerprint density at radius 3 is 2.22 bits per heavy atom. The molecule has 0 aliphatic heterocycles. The second-order valence-corrected chi connectivity index (χ2v) is 4.74. The van der Waals surface area contributed by atoms with Crippen molar-refractivity contribution in [3.05, 3.63) is 35.4 Å². The van der Waals surface area contributed by atoms with E-state index in [1.54, 1.807) is 12.1 Å². The monoisotopic (exact) mass is 255 g/mol. The first kappa shape index (κ1) is 15.1. The van der Waals surface area contributed by atoms with Crippen LogP contribution < -0.4 is 5.32 Å². The van der Waals surface area contributed by atoms with Gasteiger partial charge in [0.05, 0.1) is 0 Å². The molecule has 0 aromatic heterocycles. The lowest BCUT2D eigenvalue weighted by Gasteiger charge is -2.32. The molecule has 3 heteroatoms. The predicted molar refractivity (Wildman–Crippen MR) is 71.8 cm³/mol. The fraction of sp³-hybridized carbons (Fsp3) is 0.600. The van der Waals surface area contributed by atoms with Crippen LogP contribution in [0.15, 0.2) is 24.3 Å². The molecule has 0 heterocycles. The van der Waals surface area contributed by atoms with Crippen molar-refractivity contribution < 1.29 is 8.78 Å². The average Bonchev–Trinajstić information content (AvgIpc) is 2.41. The minimum atomic E-state index is -2.39. The normalized spacial score (nSPS) is 12.1. The molecule has 0 atom stereocenters. The zero-order valence-electron chi connectivity index (χ0n) is 11.5. The van der Waals surface area contributed by atoms with Crippen LogP contribution in [0.25, 0.3) is 0 Å². The highest BCUT2D eigenvalue weighted by molar-refractivity contribution is 5.24. The minimum absolute atomic E-state index is 0.101. The van der Waals surface area contributed by atoms with Gasteiger partial charge in [-0.05, 0) is 30.9 Å². The summed E-state index contributed by atoms with van der Waals surface area (Å²) in [5, 5.41) is 3.52. The van der Waals surface area contributed by atoms with Crippen LogP contribution in [-0.4, -0.2) is 5.54 Å². The molecule has 0 aliphatic rings. The first-order valence-corrected chi connectivity index (χ1v) is 6.69. The van der Waals surface area contributed by atoms with Gasteiger partial charge in [0, 0.05) is 17.6 Å². The maximum absolute atomic E-state index is 12.6. The van der Waals surface area contributed by atoms with Crippen LogP contribution in [0.4, 0.5) is 8.78 Å². The molecule has 1 N–H and O–H groups in total. The smallest absolute Gasteiger partial charge is 0.263 e. The highest BCUT2D eigenvalue weighted by Crippen LogP contribution is 2.22. The Balaban J connectivity index is 2.70. The van der Waals surface area contributed by atoms with Gasteiger partial charge in [-0.3, -0.25) is 0 Å². The van der Waals surface area contributed by atoms with Gasteiger partial charge in [0.2, 0.25) is 0 Å². The van der Waals surface area contributed by atoms with Crippen LogP contribution in [0.5, 0.6) is 0 Å². The Kier molecular flexibility index (Phi) is 5.73. The molecule has 1 aromatic carbocycles. The third kappa shape index (κ3) is 3.77. The zero-order chi connectivity index (χ0) is 13.6. The fourth-order valence-electron chi connectivity index (χ4n) is 2.25. The lowest BCUT2D eigenvalue weighted by Crippen LogP contribution is -2.43. The molecule has 1 rings (SSSR count). The third-order valence-electron chi connectivity index (χ3n) is 3.90. The summed E-state index contributed by atoms with van der Waals surface area (Å²) in [5.41, 5.74) is 1.15. The van der Waals surface area contributed by atoms with Gasteiger partial charge in [0.15, 0.2) is 0 Å². The van der Waals surface area contributed by atoms with Gasteiger partial charge in [-0.1, -0.05) is 39.0 Å². The van der Waals surface area contributed by atoms with Crippen molar-refractivity contribution in [3.63, 3.8) is 0 Å². The SMILES string of the molecule is CCC(CC)(CC)NCc1cccc(C(F)F)c1. The average molecular weight is 255 g/mol. The van der Waals surface area contributed by atoms with E-state index in [2.05, 4.69) is 26.1 Å². The number of halogens is 2. The maximum Gasteiger partial charge on any atom is 0.263 e. The van der Waals surface area contributed by atoms with Gasteiger partial charge < -0.3 is 5.32 Å². The van der Waals surface area contributed by atoms with Crippen LogP contribution >= 0.6 is 0 Å². The summed E-state index contributed by atoms with van der Waals surface area (Å²) in [5.74, 6) is 0. The zero-order valence-corrected chi connectivity index (χ0v) is 11.5. The second-order valence-electron chi connectivity index (χ2n) is 4.74. The van der Waals surface area contributed by atoms with Gasteiger partial charge in [-0.25, -0.2) is 8.78 Å². The summed E-state index contributed by atoms with van der Waals surface area (Å²) < 4.78 is 25.2. The molecule has 0 saturated heterocycles. The molecule has 0 unspecified atom stereocenters. The quantitative estimate of drug-likeness (QED) is 0.745. The summed E-state index contributed by atoms with van der Waals surface area (Å²) in [7, 11) is 0. The highest BCUT2D eigenvalue weighted by atomic mass is 19.3. The molecule has 0 saturated carbocycles. The van der Waals surface area contributed by atoms with Crippen LogP contribution in [-0.2, 0) is 6.54 Å². The third-order valence-corrected chi connectivity index (χ3v) is 3.90. The molecular weight excluding hydrogens is 232 g/mol. The Morgan fingerprint density at radius 2 is 1.72 bits per heavy atom. The van der Waals surface area contributed by atoms with Crippen molar-refractivity contribution >= 4 is 0 Å². The van der Waals surface area contributed by atoms with E-state index in [4.69, 9.17) is 0 Å². The number of rotatable bonds is 7. The van der Waals surface area contributed by atoms with E-state index in [1.807, 2.05) is 6.07 Å². The summed E-state index contributed by atoms with van der Waals surface area (Å²) in [6, 6.07) is 6.65. The summed E-state index contributed by atoms with van der Waals surface area (Å²) in [6.45, 7) is 7.14. The number of hydrogen-bond donors (Lipinski definition) is 1. The molecular formula is C15H23F2N. The molecule has 0 bridgehead atoms. The maximum atomic E-state index is 12.6. The highest BCUT2D eigenvalue weighted by Gasteiger charge is 2.22. The van der Waals surface area contributed by atoms with Crippen LogP contribution in [0.3, 0.4) is 0 Å². The lowest BCUT2D eigenvalue weighted by molar-refractivity contribution is 0.151. The standard InChI is InChI=1S/C15H23F2N/c1-4-15(5-2,6-3)18-11-12-8-7-9-13(10-12)14(16)17/h7-10,14,18H,4-6,11H2,1-3H3. The number of hydrogen-bond acceptors (Lipinski definition) is 1. The fourth-order valence-corrected chi connectivity index (χ4v) is 2.25. The van der Waals surface area contributed by atoms with Crippen LogP contribution in [0.2, 0.25) is 0 Å². The Morgan fingerprint density at radius 1 is 1.11 bits per heavy atom. The lowest BCUT2D eigenvalue weighted by atomic mass is 9.89. The van der Waals surface area contributed by atoms with Crippen molar-refractivity contribution in [3.8, 4) is 0 Å². The van der Waals surface area contributed by atoms with E-state index >= 15 is 0 Å².